The molecule has 2 aromatic carbocycles. The molecule has 0 radical (unpaired) electrons. The molecule has 0 aromatic heterocycles. The van der Waals surface area contributed by atoms with E-state index in [-0.39, 0.29) is 17.4 Å². The number of nitrogens with one attached hydrogen (secondary N) is 1. The van der Waals surface area contributed by atoms with Gasteiger partial charge >= 0.3 is 0 Å². The van der Waals surface area contributed by atoms with Crippen molar-refractivity contribution in [2.45, 2.75) is 52.6 Å². The summed E-state index contributed by atoms with van der Waals surface area (Å²) in [6.07, 6.45) is 0. The van der Waals surface area contributed by atoms with Crippen LogP contribution in [0.1, 0.15) is 67.7 Å². The second kappa shape index (κ2) is 8.71. The molecule has 0 aliphatic carbocycles. The first-order valence-corrected chi connectivity index (χ1v) is 9.74. The zero-order chi connectivity index (χ0) is 20.2. The smallest absolute Gasteiger partial charge is 0.253 e. The molecule has 146 valence electrons. The largest absolute Gasteiger partial charge is 0.345 e. The van der Waals surface area contributed by atoms with Crippen LogP contribution in [0, 0.1) is 5.92 Å². The van der Waals surface area contributed by atoms with Crippen LogP contribution in [0.4, 0.5) is 0 Å². The lowest BCUT2D eigenvalue weighted by atomic mass is 9.85. The molecule has 0 fully saturated rings. The minimum atomic E-state index is 0.0371. The van der Waals surface area contributed by atoms with E-state index in [1.54, 1.807) is 19.0 Å². The maximum atomic E-state index is 12.2. The maximum Gasteiger partial charge on any atom is 0.253 e. The third kappa shape index (κ3) is 5.67. The van der Waals surface area contributed by atoms with Crippen molar-refractivity contribution in [1.29, 1.82) is 0 Å². The molecule has 3 heteroatoms. The van der Waals surface area contributed by atoms with Crippen molar-refractivity contribution in [1.82, 2.24) is 10.2 Å². The Morgan fingerprint density at radius 2 is 1.67 bits per heavy atom. The van der Waals surface area contributed by atoms with Crippen molar-refractivity contribution < 1.29 is 4.79 Å². The van der Waals surface area contributed by atoms with Gasteiger partial charge in [0.15, 0.2) is 0 Å². The normalized spacial score (nSPS) is 12.9. The van der Waals surface area contributed by atoms with E-state index < -0.39 is 0 Å². The molecular weight excluding hydrogens is 332 g/mol. The van der Waals surface area contributed by atoms with Gasteiger partial charge in [0, 0.05) is 32.2 Å². The summed E-state index contributed by atoms with van der Waals surface area (Å²) < 4.78 is 0. The Kier molecular flexibility index (Phi) is 6.83. The van der Waals surface area contributed by atoms with Crippen LogP contribution in [-0.4, -0.2) is 24.9 Å². The van der Waals surface area contributed by atoms with Crippen molar-refractivity contribution in [3.05, 3.63) is 70.8 Å². The molecule has 0 spiro atoms. The van der Waals surface area contributed by atoms with Crippen LogP contribution >= 0.6 is 0 Å². The summed E-state index contributed by atoms with van der Waals surface area (Å²) in [5.41, 5.74) is 4.68. The first kappa shape index (κ1) is 21.2. The van der Waals surface area contributed by atoms with Crippen LogP contribution in [0.25, 0.3) is 0 Å². The minimum absolute atomic E-state index is 0.0371. The van der Waals surface area contributed by atoms with Crippen LogP contribution in [-0.2, 0) is 12.0 Å². The molecule has 2 aromatic rings. The van der Waals surface area contributed by atoms with Crippen LogP contribution < -0.4 is 5.32 Å². The predicted molar refractivity (Wildman–Crippen MR) is 114 cm³/mol. The number of hydrogen-bond donors (Lipinski definition) is 1. The van der Waals surface area contributed by atoms with E-state index >= 15 is 0 Å². The highest BCUT2D eigenvalue weighted by molar-refractivity contribution is 5.94. The van der Waals surface area contributed by atoms with Crippen LogP contribution in [0.5, 0.6) is 0 Å². The van der Waals surface area contributed by atoms with Gasteiger partial charge in [-0.2, -0.15) is 0 Å². The van der Waals surface area contributed by atoms with Crippen LogP contribution in [0.3, 0.4) is 0 Å². The number of carbonyl (C=O) groups excluding carboxylic acids is 1. The highest BCUT2D eigenvalue weighted by Crippen LogP contribution is 2.27. The van der Waals surface area contributed by atoms with E-state index in [2.05, 4.69) is 70.3 Å². The number of rotatable bonds is 6. The number of carbonyl (C=O) groups is 1. The summed E-state index contributed by atoms with van der Waals surface area (Å²) in [6.45, 7) is 11.9. The van der Waals surface area contributed by atoms with Gasteiger partial charge in [-0.15, -0.1) is 0 Å². The average molecular weight is 367 g/mol. The third-order valence-corrected chi connectivity index (χ3v) is 4.91. The molecule has 0 heterocycles. The Hall–Kier alpha value is -2.13. The van der Waals surface area contributed by atoms with Gasteiger partial charge in [0.1, 0.15) is 0 Å². The van der Waals surface area contributed by atoms with E-state index in [4.69, 9.17) is 0 Å². The van der Waals surface area contributed by atoms with Crippen LogP contribution in [0.2, 0.25) is 0 Å². The van der Waals surface area contributed by atoms with E-state index in [1.165, 1.54) is 11.1 Å². The fourth-order valence-electron chi connectivity index (χ4n) is 3.23. The fourth-order valence-corrected chi connectivity index (χ4v) is 3.23. The van der Waals surface area contributed by atoms with Crippen LogP contribution in [0.15, 0.2) is 48.5 Å². The van der Waals surface area contributed by atoms with Gasteiger partial charge < -0.3 is 10.2 Å². The Balaban J connectivity index is 2.14. The standard InChI is InChI=1S/C24H34N2O/c1-17(2)22(19-11-13-21(14-12-19)24(3,4)5)25-16-18-9-8-10-20(15-18)23(27)26(6)7/h8-15,17,22,25H,16H2,1-7H3. The summed E-state index contributed by atoms with van der Waals surface area (Å²) in [7, 11) is 3.56. The van der Waals surface area contributed by atoms with Gasteiger partial charge in [-0.25, -0.2) is 0 Å². The maximum absolute atomic E-state index is 12.2. The zero-order valence-corrected chi connectivity index (χ0v) is 17.8. The molecule has 0 saturated heterocycles. The van der Waals surface area contributed by atoms with E-state index in [0.717, 1.165) is 17.7 Å². The molecule has 0 aliphatic rings. The Morgan fingerprint density at radius 3 is 2.19 bits per heavy atom. The molecule has 1 unspecified atom stereocenters. The van der Waals surface area contributed by atoms with Gasteiger partial charge in [0.05, 0.1) is 0 Å². The van der Waals surface area contributed by atoms with Gasteiger partial charge in [0.2, 0.25) is 0 Å². The molecule has 3 nitrogen and oxygen atoms in total. The number of nitrogens with zero attached hydrogens (tertiary/aromatic N) is 1. The molecule has 0 aliphatic heterocycles. The number of benzene rings is 2. The van der Waals surface area contributed by atoms with E-state index in [0.29, 0.717) is 5.92 Å². The lowest BCUT2D eigenvalue weighted by Crippen LogP contribution is -2.26. The highest BCUT2D eigenvalue weighted by Gasteiger charge is 2.18. The van der Waals surface area contributed by atoms with Gasteiger partial charge in [-0.1, -0.05) is 71.0 Å². The Labute approximate surface area is 164 Å². The Bertz CT molecular complexity index is 755. The van der Waals surface area contributed by atoms with E-state index in [1.807, 2.05) is 18.2 Å². The highest BCUT2D eigenvalue weighted by atomic mass is 16.2. The second-order valence-electron chi connectivity index (χ2n) is 8.87. The SMILES string of the molecule is CC(C)C(NCc1cccc(C(=O)N(C)C)c1)c1ccc(C(C)(C)C)cc1. The lowest BCUT2D eigenvalue weighted by molar-refractivity contribution is 0.0827. The first-order valence-electron chi connectivity index (χ1n) is 9.74. The van der Waals surface area contributed by atoms with Crippen molar-refractivity contribution >= 4 is 5.91 Å². The average Bonchev–Trinajstić information content (AvgIpc) is 2.60. The minimum Gasteiger partial charge on any atom is -0.345 e. The van der Waals surface area contributed by atoms with Crippen molar-refractivity contribution in [3.8, 4) is 0 Å². The molecule has 1 N–H and O–H groups in total. The fraction of sp³-hybridized carbons (Fsp3) is 0.458. The predicted octanol–water partition coefficient (Wildman–Crippen LogP) is 5.17. The summed E-state index contributed by atoms with van der Waals surface area (Å²) in [5, 5.41) is 3.68. The third-order valence-electron chi connectivity index (χ3n) is 4.91. The number of hydrogen-bond acceptors (Lipinski definition) is 2. The molecular formula is C24H34N2O. The molecule has 0 saturated carbocycles. The van der Waals surface area contributed by atoms with Gasteiger partial charge in [0.25, 0.3) is 5.91 Å². The molecule has 1 atom stereocenters. The summed E-state index contributed by atoms with van der Waals surface area (Å²) in [5.74, 6) is 0.507. The molecule has 27 heavy (non-hydrogen) atoms. The van der Waals surface area contributed by atoms with E-state index in [9.17, 15) is 4.79 Å². The first-order chi connectivity index (χ1) is 12.6. The van der Waals surface area contributed by atoms with Gasteiger partial charge in [-0.3, -0.25) is 4.79 Å². The van der Waals surface area contributed by atoms with Crippen molar-refractivity contribution in [2.75, 3.05) is 14.1 Å². The monoisotopic (exact) mass is 366 g/mol. The van der Waals surface area contributed by atoms with Crippen molar-refractivity contribution in [2.24, 2.45) is 5.92 Å². The summed E-state index contributed by atoms with van der Waals surface area (Å²) in [4.78, 5) is 13.8. The Morgan fingerprint density at radius 1 is 1.04 bits per heavy atom. The zero-order valence-electron chi connectivity index (χ0n) is 17.8. The quantitative estimate of drug-likeness (QED) is 0.764. The second-order valence-corrected chi connectivity index (χ2v) is 8.87. The molecule has 1 amide bonds. The molecule has 0 bridgehead atoms. The van der Waals surface area contributed by atoms with Crippen molar-refractivity contribution in [3.63, 3.8) is 0 Å². The summed E-state index contributed by atoms with van der Waals surface area (Å²) >= 11 is 0. The van der Waals surface area contributed by atoms with Gasteiger partial charge in [-0.05, 0) is 40.2 Å². The number of amides is 1. The molecule has 2 rings (SSSR count). The summed E-state index contributed by atoms with van der Waals surface area (Å²) in [6, 6.07) is 17.1. The lowest BCUT2D eigenvalue weighted by Gasteiger charge is -2.25. The topological polar surface area (TPSA) is 32.3 Å².